The van der Waals surface area contributed by atoms with Gasteiger partial charge in [0.05, 0.1) is 11.8 Å². The van der Waals surface area contributed by atoms with Crippen LogP contribution in [0.4, 0.5) is 10.5 Å². The zero-order chi connectivity index (χ0) is 16.0. The number of amides is 3. The molecule has 0 heterocycles. The zero-order valence-corrected chi connectivity index (χ0v) is 11.8. The van der Waals surface area contributed by atoms with Crippen molar-refractivity contribution in [1.82, 2.24) is 5.32 Å². The third-order valence-electron chi connectivity index (χ3n) is 2.00. The maximum Gasteiger partial charge on any atom is 0.338 e. The number of ether oxygens (including phenoxy) is 1. The van der Waals surface area contributed by atoms with Gasteiger partial charge in [0.25, 0.3) is 5.91 Å². The van der Waals surface area contributed by atoms with Crippen LogP contribution in [-0.4, -0.2) is 39.2 Å². The molecular weight excluding hydrogens is 302 g/mol. The van der Waals surface area contributed by atoms with Crippen molar-refractivity contribution in [1.29, 1.82) is 0 Å². The highest BCUT2D eigenvalue weighted by Crippen LogP contribution is 2.12. The molecule has 10 heteroatoms. The summed E-state index contributed by atoms with van der Waals surface area (Å²) in [7, 11) is -3.48. The molecule has 0 fully saturated rings. The molecular formula is C11H13N3O6S. The number of hydrogen-bond acceptors (Lipinski definition) is 6. The SMILES string of the molecule is CS(=O)(=O)Nc1cccc(C(=O)OCC(=O)NC(N)=O)c1. The van der Waals surface area contributed by atoms with Crippen molar-refractivity contribution in [3.63, 3.8) is 0 Å². The van der Waals surface area contributed by atoms with Gasteiger partial charge < -0.3 is 10.5 Å². The van der Waals surface area contributed by atoms with Crippen molar-refractivity contribution in [2.45, 2.75) is 0 Å². The van der Waals surface area contributed by atoms with E-state index in [1.165, 1.54) is 24.3 Å². The molecule has 0 bridgehead atoms. The molecule has 114 valence electrons. The Labute approximate surface area is 120 Å². The first-order valence-corrected chi connectivity index (χ1v) is 7.41. The van der Waals surface area contributed by atoms with Crippen LogP contribution in [0.2, 0.25) is 0 Å². The minimum absolute atomic E-state index is 0.0375. The van der Waals surface area contributed by atoms with Crippen molar-refractivity contribution < 1.29 is 27.5 Å². The summed E-state index contributed by atoms with van der Waals surface area (Å²) in [4.78, 5) is 33.1. The summed E-state index contributed by atoms with van der Waals surface area (Å²) in [6, 6.07) is 4.44. The average molecular weight is 315 g/mol. The van der Waals surface area contributed by atoms with Gasteiger partial charge in [-0.15, -0.1) is 0 Å². The van der Waals surface area contributed by atoms with Gasteiger partial charge in [0.1, 0.15) is 0 Å². The lowest BCUT2D eigenvalue weighted by molar-refractivity contribution is -0.123. The van der Waals surface area contributed by atoms with Crippen LogP contribution in [0, 0.1) is 0 Å². The molecule has 0 spiro atoms. The maximum absolute atomic E-state index is 11.7. The molecule has 0 atom stereocenters. The van der Waals surface area contributed by atoms with Crippen LogP contribution in [0.5, 0.6) is 0 Å². The van der Waals surface area contributed by atoms with Gasteiger partial charge in [-0.3, -0.25) is 14.8 Å². The predicted molar refractivity (Wildman–Crippen MR) is 72.9 cm³/mol. The minimum atomic E-state index is -3.48. The van der Waals surface area contributed by atoms with Gasteiger partial charge in [-0.1, -0.05) is 6.07 Å². The number of rotatable bonds is 5. The van der Waals surface area contributed by atoms with Crippen LogP contribution >= 0.6 is 0 Å². The van der Waals surface area contributed by atoms with Crippen LogP contribution in [0.1, 0.15) is 10.4 Å². The second-order valence-electron chi connectivity index (χ2n) is 3.94. The molecule has 1 rings (SSSR count). The Bertz CT molecular complexity index is 670. The smallest absolute Gasteiger partial charge is 0.338 e. The number of esters is 1. The average Bonchev–Trinajstić information content (AvgIpc) is 2.33. The van der Waals surface area contributed by atoms with Crippen molar-refractivity contribution in [2.75, 3.05) is 17.6 Å². The van der Waals surface area contributed by atoms with Gasteiger partial charge in [0.2, 0.25) is 10.0 Å². The highest BCUT2D eigenvalue weighted by Gasteiger charge is 2.12. The van der Waals surface area contributed by atoms with E-state index in [1.54, 1.807) is 5.32 Å². The molecule has 0 saturated heterocycles. The molecule has 1 aromatic rings. The second-order valence-corrected chi connectivity index (χ2v) is 5.69. The molecule has 0 radical (unpaired) electrons. The molecule has 0 aliphatic rings. The first kappa shape index (κ1) is 16.4. The van der Waals surface area contributed by atoms with Gasteiger partial charge >= 0.3 is 12.0 Å². The third-order valence-corrected chi connectivity index (χ3v) is 2.60. The second kappa shape index (κ2) is 6.70. The fourth-order valence-corrected chi connectivity index (χ4v) is 1.87. The summed E-state index contributed by atoms with van der Waals surface area (Å²) in [5.74, 6) is -1.73. The van der Waals surface area contributed by atoms with E-state index in [0.717, 1.165) is 6.26 Å². The van der Waals surface area contributed by atoms with Gasteiger partial charge in [0.15, 0.2) is 6.61 Å². The quantitative estimate of drug-likeness (QED) is 0.619. The van der Waals surface area contributed by atoms with E-state index in [2.05, 4.69) is 9.46 Å². The standard InChI is InChI=1S/C11H13N3O6S/c1-21(18,19)14-8-4-2-3-7(5-8)10(16)20-6-9(15)13-11(12)17/h2-5,14H,6H2,1H3,(H3,12,13,15,17). The first-order chi connectivity index (χ1) is 9.67. The number of primary amides is 1. The van der Waals surface area contributed by atoms with Crippen molar-refractivity contribution in [2.24, 2.45) is 5.73 Å². The Balaban J connectivity index is 2.68. The van der Waals surface area contributed by atoms with Gasteiger partial charge in [-0.05, 0) is 18.2 Å². The number of urea groups is 1. The molecule has 21 heavy (non-hydrogen) atoms. The number of anilines is 1. The summed E-state index contributed by atoms with van der Waals surface area (Å²) in [6.07, 6.45) is 0.964. The normalized spacial score (nSPS) is 10.5. The topological polar surface area (TPSA) is 145 Å². The lowest BCUT2D eigenvalue weighted by Gasteiger charge is -2.07. The first-order valence-electron chi connectivity index (χ1n) is 5.51. The van der Waals surface area contributed by atoms with Crippen LogP contribution in [0.3, 0.4) is 0 Å². The fourth-order valence-electron chi connectivity index (χ4n) is 1.31. The van der Waals surface area contributed by atoms with E-state index in [-0.39, 0.29) is 11.3 Å². The van der Waals surface area contributed by atoms with E-state index in [0.29, 0.717) is 0 Å². The Morgan fingerprint density at radius 1 is 1.29 bits per heavy atom. The minimum Gasteiger partial charge on any atom is -0.452 e. The number of nitrogens with one attached hydrogen (secondary N) is 2. The third kappa shape index (κ3) is 6.38. The lowest BCUT2D eigenvalue weighted by Crippen LogP contribution is -2.37. The predicted octanol–water partition coefficient (Wildman–Crippen LogP) is -0.590. The summed E-state index contributed by atoms with van der Waals surface area (Å²) >= 11 is 0. The summed E-state index contributed by atoms with van der Waals surface area (Å²) in [5, 5.41) is 1.72. The summed E-state index contributed by atoms with van der Waals surface area (Å²) < 4.78 is 29.0. The fraction of sp³-hybridized carbons (Fsp3) is 0.182. The van der Waals surface area contributed by atoms with Gasteiger partial charge in [-0.25, -0.2) is 18.0 Å². The number of imide groups is 1. The van der Waals surface area contributed by atoms with Crippen LogP contribution in [0.15, 0.2) is 24.3 Å². The molecule has 0 unspecified atom stereocenters. The Kier molecular flexibility index (Phi) is 5.24. The van der Waals surface area contributed by atoms with Gasteiger partial charge in [-0.2, -0.15) is 0 Å². The molecule has 3 amide bonds. The number of hydrogen-bond donors (Lipinski definition) is 3. The molecule has 4 N–H and O–H groups in total. The lowest BCUT2D eigenvalue weighted by atomic mass is 10.2. The molecule has 0 aromatic heterocycles. The van der Waals surface area contributed by atoms with Crippen LogP contribution < -0.4 is 15.8 Å². The molecule has 1 aromatic carbocycles. The van der Waals surface area contributed by atoms with E-state index in [1.807, 2.05) is 0 Å². The number of benzene rings is 1. The number of nitrogens with two attached hydrogens (primary N) is 1. The number of carbonyl (C=O) groups is 3. The molecule has 0 saturated carbocycles. The number of sulfonamides is 1. The Morgan fingerprint density at radius 3 is 2.52 bits per heavy atom. The van der Waals surface area contributed by atoms with E-state index < -0.39 is 34.5 Å². The van der Waals surface area contributed by atoms with Crippen LogP contribution in [-0.2, 0) is 19.6 Å². The highest BCUT2D eigenvalue weighted by molar-refractivity contribution is 7.92. The van der Waals surface area contributed by atoms with Crippen LogP contribution in [0.25, 0.3) is 0 Å². The maximum atomic E-state index is 11.7. The summed E-state index contributed by atoms with van der Waals surface area (Å²) in [6.45, 7) is -0.689. The van der Waals surface area contributed by atoms with E-state index >= 15 is 0 Å². The van der Waals surface area contributed by atoms with Gasteiger partial charge in [0, 0.05) is 5.69 Å². The van der Waals surface area contributed by atoms with Crippen molar-refractivity contribution >= 4 is 33.6 Å². The molecule has 9 nitrogen and oxygen atoms in total. The summed E-state index contributed by atoms with van der Waals surface area (Å²) in [5.41, 5.74) is 4.93. The monoisotopic (exact) mass is 315 g/mol. The highest BCUT2D eigenvalue weighted by atomic mass is 32.2. The Morgan fingerprint density at radius 2 is 1.95 bits per heavy atom. The molecule has 0 aliphatic heterocycles. The molecule has 0 aliphatic carbocycles. The van der Waals surface area contributed by atoms with Crippen molar-refractivity contribution in [3.8, 4) is 0 Å². The largest absolute Gasteiger partial charge is 0.452 e. The van der Waals surface area contributed by atoms with E-state index in [9.17, 15) is 22.8 Å². The van der Waals surface area contributed by atoms with E-state index in [4.69, 9.17) is 5.73 Å². The number of carbonyl (C=O) groups excluding carboxylic acids is 3. The van der Waals surface area contributed by atoms with Crippen molar-refractivity contribution in [3.05, 3.63) is 29.8 Å². The Hall–Kier alpha value is -2.62. The zero-order valence-electron chi connectivity index (χ0n) is 11.0.